The van der Waals surface area contributed by atoms with E-state index in [2.05, 4.69) is 120 Å². The Morgan fingerprint density at radius 1 is 0.707 bits per heavy atom. The van der Waals surface area contributed by atoms with E-state index in [0.29, 0.717) is 0 Å². The van der Waals surface area contributed by atoms with Crippen LogP contribution >= 0.6 is 0 Å². The lowest BCUT2D eigenvalue weighted by atomic mass is 9.69. The van der Waals surface area contributed by atoms with Crippen LogP contribution in [0.25, 0.3) is 22.2 Å². The fraction of sp³-hybridized carbons (Fsp3) is 0.189. The predicted molar refractivity (Wildman–Crippen MR) is 165 cm³/mol. The zero-order valence-corrected chi connectivity index (χ0v) is 22.9. The highest BCUT2D eigenvalue weighted by molar-refractivity contribution is 5.94. The number of nitrogens with one attached hydrogen (secondary N) is 1. The van der Waals surface area contributed by atoms with E-state index in [-0.39, 0.29) is 12.0 Å². The fourth-order valence-corrected chi connectivity index (χ4v) is 6.70. The number of aromatic nitrogens is 3. The van der Waals surface area contributed by atoms with Gasteiger partial charge in [0.1, 0.15) is 5.41 Å². The Balaban J connectivity index is 1.46. The van der Waals surface area contributed by atoms with E-state index < -0.39 is 5.41 Å². The Bertz CT molecular complexity index is 1670. The number of nitrogens with zero attached hydrogens (tertiary/aromatic N) is 2. The molecule has 3 aromatic heterocycles. The van der Waals surface area contributed by atoms with Crippen LogP contribution in [0.1, 0.15) is 59.8 Å². The summed E-state index contributed by atoms with van der Waals surface area (Å²) in [4.78, 5) is 14.0. The molecule has 1 saturated carbocycles. The van der Waals surface area contributed by atoms with E-state index in [1.54, 1.807) is 0 Å². The molecule has 1 aliphatic rings. The number of aliphatic hydroxyl groups excluding tert-OH is 1. The number of pyridine rings is 2. The number of fused-ring (bicyclic) bond motifs is 1. The first-order valence-electron chi connectivity index (χ1n) is 14.6. The monoisotopic (exact) mass is 535 g/mol. The van der Waals surface area contributed by atoms with Crippen LogP contribution in [0.15, 0.2) is 128 Å². The molecule has 0 saturated heterocycles. The van der Waals surface area contributed by atoms with Crippen LogP contribution in [0, 0.1) is 0 Å². The summed E-state index contributed by atoms with van der Waals surface area (Å²) in [7, 11) is 0. The summed E-state index contributed by atoms with van der Waals surface area (Å²) in [5.74, 6) is 0.0581. The second-order valence-electron chi connectivity index (χ2n) is 11.1. The Morgan fingerprint density at radius 3 is 2.10 bits per heavy atom. The average Bonchev–Trinajstić information content (AvgIpc) is 3.53. The molecule has 7 rings (SSSR count). The molecule has 41 heavy (non-hydrogen) atoms. The molecule has 1 aliphatic carbocycles. The molecular formula is C37H33N3O. The van der Waals surface area contributed by atoms with Crippen molar-refractivity contribution in [1.82, 2.24) is 15.0 Å². The van der Waals surface area contributed by atoms with Crippen molar-refractivity contribution in [2.75, 3.05) is 0 Å². The smallest absolute Gasteiger partial charge is 0.102 e. The van der Waals surface area contributed by atoms with E-state index in [0.717, 1.165) is 76.1 Å². The summed E-state index contributed by atoms with van der Waals surface area (Å²) < 4.78 is 0. The van der Waals surface area contributed by atoms with Crippen LogP contribution in [-0.2, 0) is 5.41 Å². The third-order valence-electron chi connectivity index (χ3n) is 8.68. The summed E-state index contributed by atoms with van der Waals surface area (Å²) in [6, 6.07) is 42.3. The van der Waals surface area contributed by atoms with Crippen molar-refractivity contribution in [2.24, 2.45) is 0 Å². The first-order valence-corrected chi connectivity index (χ1v) is 14.6. The minimum atomic E-state index is -0.658. The van der Waals surface area contributed by atoms with Gasteiger partial charge in [-0.1, -0.05) is 104 Å². The molecule has 202 valence electrons. The van der Waals surface area contributed by atoms with Gasteiger partial charge < -0.3 is 10.1 Å². The molecule has 3 aromatic carbocycles. The standard InChI is InChI=1S/C37H33N3O/c41-33-20-10-9-19-30(33)32-25-26-13-7-8-18-29(26)36(40-32)31-22-23-35(39-31)37(27-14-3-1-4-15-27,28-16-5-2-6-17-28)34-21-11-12-24-38-34/h1-8,11-18,21-25,30,33,39,41H,9-10,19-20H2. The Morgan fingerprint density at radius 2 is 1.39 bits per heavy atom. The second kappa shape index (κ2) is 10.8. The molecule has 2 unspecified atom stereocenters. The molecule has 1 fully saturated rings. The maximum atomic E-state index is 10.9. The SMILES string of the molecule is OC1CCCCC1c1cc2ccccc2c(-c2ccc(C(c3ccccc3)(c3ccccc3)c3ccccn3)[nH]2)n1. The molecule has 4 heteroatoms. The van der Waals surface area contributed by atoms with Crippen LogP contribution in [0.2, 0.25) is 0 Å². The molecule has 2 atom stereocenters. The lowest BCUT2D eigenvalue weighted by molar-refractivity contribution is 0.104. The first kappa shape index (κ1) is 25.4. The zero-order chi connectivity index (χ0) is 27.6. The van der Waals surface area contributed by atoms with Crippen LogP contribution < -0.4 is 0 Å². The summed E-state index contributed by atoms with van der Waals surface area (Å²) in [6.07, 6.45) is 5.52. The van der Waals surface area contributed by atoms with Crippen LogP contribution in [0.5, 0.6) is 0 Å². The number of benzene rings is 3. The van der Waals surface area contributed by atoms with E-state index in [1.807, 2.05) is 12.3 Å². The highest BCUT2D eigenvalue weighted by Gasteiger charge is 2.41. The zero-order valence-electron chi connectivity index (χ0n) is 22.9. The maximum absolute atomic E-state index is 10.9. The minimum absolute atomic E-state index is 0.0581. The normalized spacial score (nSPS) is 17.5. The predicted octanol–water partition coefficient (Wildman–Crippen LogP) is 8.03. The molecule has 3 heterocycles. The second-order valence-corrected chi connectivity index (χ2v) is 11.1. The molecule has 2 N–H and O–H groups in total. The van der Waals surface area contributed by atoms with Crippen molar-refractivity contribution in [1.29, 1.82) is 0 Å². The number of aliphatic hydroxyl groups is 1. The van der Waals surface area contributed by atoms with Crippen molar-refractivity contribution in [3.05, 3.63) is 156 Å². The van der Waals surface area contributed by atoms with Gasteiger partial charge in [-0.3, -0.25) is 9.97 Å². The number of aromatic amines is 1. The van der Waals surface area contributed by atoms with Gasteiger partial charge in [0, 0.05) is 28.9 Å². The largest absolute Gasteiger partial charge is 0.392 e. The molecule has 0 bridgehead atoms. The summed E-state index contributed by atoms with van der Waals surface area (Å²) >= 11 is 0. The molecule has 0 spiro atoms. The highest BCUT2D eigenvalue weighted by atomic mass is 16.3. The number of hydrogen-bond donors (Lipinski definition) is 2. The van der Waals surface area contributed by atoms with Gasteiger partial charge in [-0.2, -0.15) is 0 Å². The van der Waals surface area contributed by atoms with E-state index in [1.165, 1.54) is 0 Å². The molecule has 0 aliphatic heterocycles. The first-order chi connectivity index (χ1) is 20.2. The summed E-state index contributed by atoms with van der Waals surface area (Å²) in [5, 5.41) is 13.1. The van der Waals surface area contributed by atoms with Crippen molar-refractivity contribution in [3.8, 4) is 11.4 Å². The number of hydrogen-bond acceptors (Lipinski definition) is 3. The third kappa shape index (κ3) is 4.45. The molecular weight excluding hydrogens is 502 g/mol. The Kier molecular flexibility index (Phi) is 6.69. The van der Waals surface area contributed by atoms with Gasteiger partial charge >= 0.3 is 0 Å². The van der Waals surface area contributed by atoms with Gasteiger partial charge in [-0.25, -0.2) is 0 Å². The van der Waals surface area contributed by atoms with Gasteiger partial charge in [0.15, 0.2) is 0 Å². The molecule has 6 aromatic rings. The number of H-pyrrole nitrogens is 1. The molecule has 0 amide bonds. The average molecular weight is 536 g/mol. The van der Waals surface area contributed by atoms with Crippen molar-refractivity contribution >= 4 is 10.8 Å². The quantitative estimate of drug-likeness (QED) is 0.227. The number of rotatable bonds is 6. The topological polar surface area (TPSA) is 61.8 Å². The van der Waals surface area contributed by atoms with Gasteiger partial charge in [0.25, 0.3) is 0 Å². The molecule has 4 nitrogen and oxygen atoms in total. The third-order valence-corrected chi connectivity index (χ3v) is 8.68. The van der Waals surface area contributed by atoms with Crippen molar-refractivity contribution < 1.29 is 5.11 Å². The summed E-state index contributed by atoms with van der Waals surface area (Å²) in [5.41, 5.74) is 6.43. The van der Waals surface area contributed by atoms with Crippen LogP contribution in [-0.4, -0.2) is 26.2 Å². The van der Waals surface area contributed by atoms with E-state index >= 15 is 0 Å². The van der Waals surface area contributed by atoms with Gasteiger partial charge in [-0.15, -0.1) is 0 Å². The van der Waals surface area contributed by atoms with Gasteiger partial charge in [0.05, 0.1) is 23.2 Å². The lowest BCUT2D eigenvalue weighted by Gasteiger charge is -2.34. The van der Waals surface area contributed by atoms with Gasteiger partial charge in [-0.05, 0) is 59.7 Å². The van der Waals surface area contributed by atoms with Crippen molar-refractivity contribution in [2.45, 2.75) is 43.1 Å². The maximum Gasteiger partial charge on any atom is 0.102 e. The van der Waals surface area contributed by atoms with Crippen molar-refractivity contribution in [3.63, 3.8) is 0 Å². The Hall–Kier alpha value is -4.54. The van der Waals surface area contributed by atoms with Crippen LogP contribution in [0.4, 0.5) is 0 Å². The summed E-state index contributed by atoms with van der Waals surface area (Å²) in [6.45, 7) is 0. The van der Waals surface area contributed by atoms with Crippen LogP contribution in [0.3, 0.4) is 0 Å². The Labute approximate surface area is 240 Å². The minimum Gasteiger partial charge on any atom is -0.392 e. The van der Waals surface area contributed by atoms with Gasteiger partial charge in [0.2, 0.25) is 0 Å². The highest BCUT2D eigenvalue weighted by Crippen LogP contribution is 2.45. The van der Waals surface area contributed by atoms with E-state index in [9.17, 15) is 5.11 Å². The lowest BCUT2D eigenvalue weighted by Crippen LogP contribution is -2.32. The fourth-order valence-electron chi connectivity index (χ4n) is 6.70. The molecule has 0 radical (unpaired) electrons. The van der Waals surface area contributed by atoms with E-state index in [4.69, 9.17) is 9.97 Å².